The van der Waals surface area contributed by atoms with E-state index in [2.05, 4.69) is 4.72 Å². The highest BCUT2D eigenvalue weighted by Gasteiger charge is 2.35. The fraction of sp³-hybridized carbons (Fsp3) is 0.409. The van der Waals surface area contributed by atoms with Gasteiger partial charge in [0.25, 0.3) is 10.0 Å². The number of hydrogen-bond acceptors (Lipinski definition) is 3. The van der Waals surface area contributed by atoms with Gasteiger partial charge in [0.05, 0.1) is 4.90 Å². The van der Waals surface area contributed by atoms with Gasteiger partial charge in [-0.15, -0.1) is 0 Å². The first-order valence-electron chi connectivity index (χ1n) is 9.81. The van der Waals surface area contributed by atoms with E-state index in [1.54, 1.807) is 12.1 Å². The molecule has 1 heterocycles. The Morgan fingerprint density at radius 1 is 1.04 bits per heavy atom. The first kappa shape index (κ1) is 19.0. The molecule has 1 aliphatic carbocycles. The van der Waals surface area contributed by atoms with Crippen LogP contribution in [0.15, 0.2) is 35.2 Å². The SMILES string of the molecule is Cc1cc(C)c(S(=O)(=O)Nc2ccc3c(c2)CCCN3C(=O)C2CC2)cc1C. The Bertz CT molecular complexity index is 1060. The second kappa shape index (κ2) is 6.92. The molecule has 0 saturated heterocycles. The van der Waals surface area contributed by atoms with E-state index in [-0.39, 0.29) is 11.8 Å². The summed E-state index contributed by atoms with van der Waals surface area (Å²) in [6.45, 7) is 6.45. The maximum Gasteiger partial charge on any atom is 0.262 e. The van der Waals surface area contributed by atoms with Crippen LogP contribution in [0.1, 0.15) is 41.5 Å². The predicted octanol–water partition coefficient (Wildman–Crippen LogP) is 4.10. The Hall–Kier alpha value is -2.34. The van der Waals surface area contributed by atoms with Gasteiger partial charge in [-0.2, -0.15) is 0 Å². The van der Waals surface area contributed by atoms with E-state index in [0.29, 0.717) is 10.6 Å². The Kier molecular flexibility index (Phi) is 4.70. The lowest BCUT2D eigenvalue weighted by atomic mass is 10.0. The first-order valence-corrected chi connectivity index (χ1v) is 11.3. The van der Waals surface area contributed by atoms with E-state index in [9.17, 15) is 13.2 Å². The van der Waals surface area contributed by atoms with E-state index in [0.717, 1.165) is 60.2 Å². The zero-order valence-electron chi connectivity index (χ0n) is 16.6. The highest BCUT2D eigenvalue weighted by molar-refractivity contribution is 7.92. The normalized spacial score (nSPS) is 16.6. The summed E-state index contributed by atoms with van der Waals surface area (Å²) in [5, 5.41) is 0. The van der Waals surface area contributed by atoms with E-state index >= 15 is 0 Å². The highest BCUT2D eigenvalue weighted by Crippen LogP contribution is 2.37. The molecule has 4 rings (SSSR count). The van der Waals surface area contributed by atoms with Crippen molar-refractivity contribution < 1.29 is 13.2 Å². The lowest BCUT2D eigenvalue weighted by Crippen LogP contribution is -2.36. The maximum absolute atomic E-state index is 12.9. The Morgan fingerprint density at radius 2 is 1.75 bits per heavy atom. The summed E-state index contributed by atoms with van der Waals surface area (Å²) in [7, 11) is -3.67. The fourth-order valence-corrected chi connectivity index (χ4v) is 5.24. The standard InChI is InChI=1S/C22H26N2O3S/c1-14-11-16(3)21(12-15(14)2)28(26,27)23-19-8-9-20-18(13-19)5-4-10-24(20)22(25)17-6-7-17/h8-9,11-13,17,23H,4-7,10H2,1-3H3. The number of sulfonamides is 1. The van der Waals surface area contributed by atoms with Gasteiger partial charge in [0, 0.05) is 23.8 Å². The predicted molar refractivity (Wildman–Crippen MR) is 111 cm³/mol. The molecule has 1 amide bonds. The van der Waals surface area contributed by atoms with E-state index in [1.165, 1.54) is 0 Å². The molecule has 148 valence electrons. The monoisotopic (exact) mass is 398 g/mol. The van der Waals surface area contributed by atoms with Gasteiger partial charge in [0.1, 0.15) is 0 Å². The van der Waals surface area contributed by atoms with Gasteiger partial charge in [-0.05, 0) is 93.0 Å². The Morgan fingerprint density at radius 3 is 2.46 bits per heavy atom. The first-order chi connectivity index (χ1) is 13.3. The average molecular weight is 399 g/mol. The minimum absolute atomic E-state index is 0.178. The minimum Gasteiger partial charge on any atom is -0.312 e. The van der Waals surface area contributed by atoms with E-state index < -0.39 is 10.0 Å². The van der Waals surface area contributed by atoms with Crippen LogP contribution in [0.2, 0.25) is 0 Å². The van der Waals surface area contributed by atoms with Crippen LogP contribution in [0, 0.1) is 26.7 Å². The molecule has 0 atom stereocenters. The van der Waals surface area contributed by atoms with Crippen molar-refractivity contribution in [1.82, 2.24) is 0 Å². The van der Waals surface area contributed by atoms with Crippen molar-refractivity contribution in [2.45, 2.75) is 51.3 Å². The van der Waals surface area contributed by atoms with Crippen LogP contribution in [0.3, 0.4) is 0 Å². The summed E-state index contributed by atoms with van der Waals surface area (Å²) in [5.41, 5.74) is 5.24. The summed E-state index contributed by atoms with van der Waals surface area (Å²) >= 11 is 0. The molecule has 0 aromatic heterocycles. The van der Waals surface area contributed by atoms with E-state index in [1.807, 2.05) is 43.9 Å². The van der Waals surface area contributed by atoms with Gasteiger partial charge >= 0.3 is 0 Å². The molecule has 0 bridgehead atoms. The number of benzene rings is 2. The summed E-state index contributed by atoms with van der Waals surface area (Å²) in [6, 6.07) is 9.13. The zero-order chi connectivity index (χ0) is 20.1. The largest absolute Gasteiger partial charge is 0.312 e. The van der Waals surface area contributed by atoms with Crippen molar-refractivity contribution in [2.24, 2.45) is 5.92 Å². The molecule has 6 heteroatoms. The number of nitrogens with zero attached hydrogens (tertiary/aromatic N) is 1. The number of carbonyl (C=O) groups excluding carboxylic acids is 1. The summed E-state index contributed by atoms with van der Waals surface area (Å²) < 4.78 is 28.6. The van der Waals surface area contributed by atoms with Gasteiger partial charge < -0.3 is 4.90 Å². The number of nitrogens with one attached hydrogen (secondary N) is 1. The van der Waals surface area contributed by atoms with E-state index in [4.69, 9.17) is 0 Å². The summed E-state index contributed by atoms with van der Waals surface area (Å²) in [5.74, 6) is 0.386. The van der Waals surface area contributed by atoms with Gasteiger partial charge in [-0.1, -0.05) is 6.07 Å². The number of amides is 1. The number of rotatable bonds is 4. The van der Waals surface area contributed by atoms with Gasteiger partial charge in [-0.3, -0.25) is 9.52 Å². The molecule has 0 radical (unpaired) electrons. The van der Waals surface area contributed by atoms with Gasteiger partial charge in [0.2, 0.25) is 5.91 Å². The van der Waals surface area contributed by atoms with Crippen LogP contribution in [-0.4, -0.2) is 20.9 Å². The molecule has 28 heavy (non-hydrogen) atoms. The second-order valence-electron chi connectivity index (χ2n) is 8.02. The molecular formula is C22H26N2O3S. The van der Waals surface area contributed by atoms with Gasteiger partial charge in [0.15, 0.2) is 0 Å². The van der Waals surface area contributed by atoms with Crippen molar-refractivity contribution in [1.29, 1.82) is 0 Å². The number of fused-ring (bicyclic) bond motifs is 1. The van der Waals surface area contributed by atoms with Crippen molar-refractivity contribution in [3.05, 3.63) is 52.6 Å². The number of hydrogen-bond donors (Lipinski definition) is 1. The number of aryl methyl sites for hydroxylation is 4. The van der Waals surface area contributed by atoms with Crippen LogP contribution >= 0.6 is 0 Å². The molecule has 0 unspecified atom stereocenters. The minimum atomic E-state index is -3.67. The van der Waals surface area contributed by atoms with Crippen molar-refractivity contribution in [2.75, 3.05) is 16.2 Å². The average Bonchev–Trinajstić information content (AvgIpc) is 3.48. The zero-order valence-corrected chi connectivity index (χ0v) is 17.4. The maximum atomic E-state index is 12.9. The third kappa shape index (κ3) is 3.53. The molecule has 5 nitrogen and oxygen atoms in total. The smallest absolute Gasteiger partial charge is 0.262 e. The topological polar surface area (TPSA) is 66.5 Å². The molecule has 1 N–H and O–H groups in total. The second-order valence-corrected chi connectivity index (χ2v) is 9.67. The molecule has 2 aromatic rings. The van der Waals surface area contributed by atoms with Crippen molar-refractivity contribution in [3.8, 4) is 0 Å². The number of carbonyl (C=O) groups is 1. The third-order valence-electron chi connectivity index (χ3n) is 5.72. The molecule has 1 saturated carbocycles. The van der Waals surface area contributed by atoms with Crippen LogP contribution in [0.4, 0.5) is 11.4 Å². The van der Waals surface area contributed by atoms with Gasteiger partial charge in [-0.25, -0.2) is 8.42 Å². The highest BCUT2D eigenvalue weighted by atomic mass is 32.2. The summed E-state index contributed by atoms with van der Waals surface area (Å²) in [4.78, 5) is 14.7. The lowest BCUT2D eigenvalue weighted by molar-refractivity contribution is -0.119. The van der Waals surface area contributed by atoms with Crippen LogP contribution < -0.4 is 9.62 Å². The fourth-order valence-electron chi connectivity index (χ4n) is 3.87. The van der Waals surface area contributed by atoms with Crippen molar-refractivity contribution in [3.63, 3.8) is 0 Å². The number of anilines is 2. The van der Waals surface area contributed by atoms with Crippen LogP contribution in [0.5, 0.6) is 0 Å². The van der Waals surface area contributed by atoms with Crippen molar-refractivity contribution >= 4 is 27.3 Å². The molecule has 2 aromatic carbocycles. The molecule has 0 spiro atoms. The van der Waals surface area contributed by atoms with Crippen LogP contribution in [0.25, 0.3) is 0 Å². The van der Waals surface area contributed by atoms with Crippen LogP contribution in [-0.2, 0) is 21.2 Å². The molecule has 2 aliphatic rings. The lowest BCUT2D eigenvalue weighted by Gasteiger charge is -2.30. The Labute approximate surface area is 166 Å². The molecule has 1 aliphatic heterocycles. The molecule has 1 fully saturated rings. The molecular weight excluding hydrogens is 372 g/mol. The Balaban J connectivity index is 1.62. The summed E-state index contributed by atoms with van der Waals surface area (Å²) in [6.07, 6.45) is 3.72. The quantitative estimate of drug-likeness (QED) is 0.843. The third-order valence-corrected chi connectivity index (χ3v) is 7.25.